The van der Waals surface area contributed by atoms with Gasteiger partial charge in [-0.3, -0.25) is 0 Å². The lowest BCUT2D eigenvalue weighted by Gasteiger charge is -2.11. The van der Waals surface area contributed by atoms with E-state index in [2.05, 4.69) is 0 Å². The molecule has 19 heavy (non-hydrogen) atoms. The van der Waals surface area contributed by atoms with Gasteiger partial charge in [0.15, 0.2) is 0 Å². The van der Waals surface area contributed by atoms with Crippen LogP contribution < -0.4 is 0 Å². The normalized spacial score (nSPS) is 10.7. The molecule has 0 spiro atoms. The lowest BCUT2D eigenvalue weighted by atomic mass is 9.96. The minimum Gasteiger partial charge on any atom is -0.508 e. The maximum atomic E-state index is 10.1. The molecule has 0 saturated carbocycles. The Morgan fingerprint density at radius 3 is 2.26 bits per heavy atom. The molecule has 0 aliphatic rings. The third-order valence-corrected chi connectivity index (χ3v) is 3.16. The summed E-state index contributed by atoms with van der Waals surface area (Å²) in [6.45, 7) is 0. The molecule has 3 rings (SSSR count). The van der Waals surface area contributed by atoms with E-state index in [4.69, 9.17) is 0 Å². The summed E-state index contributed by atoms with van der Waals surface area (Å²) in [6.07, 6.45) is 0. The van der Waals surface area contributed by atoms with E-state index in [0.717, 1.165) is 10.8 Å². The van der Waals surface area contributed by atoms with Gasteiger partial charge in [-0.25, -0.2) is 0 Å². The third kappa shape index (κ3) is 1.85. The van der Waals surface area contributed by atoms with Gasteiger partial charge in [0.1, 0.15) is 17.2 Å². The van der Waals surface area contributed by atoms with Gasteiger partial charge < -0.3 is 15.3 Å². The van der Waals surface area contributed by atoms with Crippen LogP contribution >= 0.6 is 0 Å². The summed E-state index contributed by atoms with van der Waals surface area (Å²) in [7, 11) is 0. The highest BCUT2D eigenvalue weighted by Gasteiger charge is 2.13. The first-order chi connectivity index (χ1) is 9.16. The van der Waals surface area contributed by atoms with Crippen LogP contribution in [0.5, 0.6) is 17.2 Å². The maximum Gasteiger partial charge on any atom is 0.124 e. The van der Waals surface area contributed by atoms with Gasteiger partial charge in [0.2, 0.25) is 0 Å². The van der Waals surface area contributed by atoms with E-state index in [1.807, 2.05) is 30.3 Å². The average molecular weight is 252 g/mol. The Bertz CT molecular complexity index is 763. The number of phenols is 3. The molecule has 3 nitrogen and oxygen atoms in total. The molecule has 0 fully saturated rings. The molecule has 0 aromatic heterocycles. The number of rotatable bonds is 1. The van der Waals surface area contributed by atoms with Crippen molar-refractivity contribution in [1.82, 2.24) is 0 Å². The van der Waals surface area contributed by atoms with Crippen LogP contribution in [-0.4, -0.2) is 15.3 Å². The van der Waals surface area contributed by atoms with E-state index in [1.165, 1.54) is 18.2 Å². The van der Waals surface area contributed by atoms with Crippen LogP contribution in [0.3, 0.4) is 0 Å². The summed E-state index contributed by atoms with van der Waals surface area (Å²) in [5.74, 6) is 0.129. The highest BCUT2D eigenvalue weighted by Crippen LogP contribution is 2.41. The minimum atomic E-state index is 0.0180. The zero-order valence-corrected chi connectivity index (χ0v) is 10.0. The predicted octanol–water partition coefficient (Wildman–Crippen LogP) is 3.62. The quantitative estimate of drug-likeness (QED) is 0.580. The predicted molar refractivity (Wildman–Crippen MR) is 74.4 cm³/mol. The number of aromatic hydroxyl groups is 3. The molecule has 0 bridgehead atoms. The van der Waals surface area contributed by atoms with Crippen molar-refractivity contribution in [2.45, 2.75) is 0 Å². The Morgan fingerprint density at radius 2 is 1.42 bits per heavy atom. The lowest BCUT2D eigenvalue weighted by Crippen LogP contribution is -1.84. The van der Waals surface area contributed by atoms with Crippen LogP contribution in [0, 0.1) is 0 Å². The fraction of sp³-hybridized carbons (Fsp3) is 0. The van der Waals surface area contributed by atoms with Gasteiger partial charge in [0.25, 0.3) is 0 Å². The largest absolute Gasteiger partial charge is 0.508 e. The Balaban J connectivity index is 2.41. The zero-order chi connectivity index (χ0) is 13.4. The summed E-state index contributed by atoms with van der Waals surface area (Å²) >= 11 is 0. The molecule has 0 radical (unpaired) electrons. The van der Waals surface area contributed by atoms with Crippen molar-refractivity contribution in [3.8, 4) is 28.4 Å². The maximum absolute atomic E-state index is 10.1. The second kappa shape index (κ2) is 4.21. The highest BCUT2D eigenvalue weighted by atomic mass is 16.3. The standard InChI is InChI=1S/C16H12O3/c17-11-6-8-14(18)13(9-11)16-12-4-2-1-3-10(12)5-7-15(16)19/h1-9,17-19H. The summed E-state index contributed by atoms with van der Waals surface area (Å²) in [4.78, 5) is 0. The first-order valence-corrected chi connectivity index (χ1v) is 5.90. The van der Waals surface area contributed by atoms with Gasteiger partial charge >= 0.3 is 0 Å². The number of fused-ring (bicyclic) bond motifs is 1. The molecular formula is C16H12O3. The van der Waals surface area contributed by atoms with Crippen molar-refractivity contribution < 1.29 is 15.3 Å². The Morgan fingerprint density at radius 1 is 0.684 bits per heavy atom. The molecule has 94 valence electrons. The van der Waals surface area contributed by atoms with E-state index in [-0.39, 0.29) is 17.2 Å². The van der Waals surface area contributed by atoms with Gasteiger partial charge in [-0.05, 0) is 35.0 Å². The van der Waals surface area contributed by atoms with Crippen molar-refractivity contribution in [1.29, 1.82) is 0 Å². The van der Waals surface area contributed by atoms with E-state index in [9.17, 15) is 15.3 Å². The molecule has 0 saturated heterocycles. The molecular weight excluding hydrogens is 240 g/mol. The lowest BCUT2D eigenvalue weighted by molar-refractivity contribution is 0.459. The van der Waals surface area contributed by atoms with Crippen LogP contribution in [0.2, 0.25) is 0 Å². The monoisotopic (exact) mass is 252 g/mol. The SMILES string of the molecule is Oc1ccc(O)c(-c2c(O)ccc3ccccc23)c1. The number of benzene rings is 3. The van der Waals surface area contributed by atoms with E-state index >= 15 is 0 Å². The van der Waals surface area contributed by atoms with Crippen LogP contribution in [0.1, 0.15) is 0 Å². The fourth-order valence-electron chi connectivity index (χ4n) is 2.27. The first-order valence-electron chi connectivity index (χ1n) is 5.90. The fourth-order valence-corrected chi connectivity index (χ4v) is 2.27. The topological polar surface area (TPSA) is 60.7 Å². The minimum absolute atomic E-state index is 0.0180. The van der Waals surface area contributed by atoms with Crippen LogP contribution in [0.15, 0.2) is 54.6 Å². The molecule has 3 heteroatoms. The first kappa shape index (κ1) is 11.4. The summed E-state index contributed by atoms with van der Waals surface area (Å²) in [5, 5.41) is 31.4. The van der Waals surface area contributed by atoms with Gasteiger partial charge in [0.05, 0.1) is 0 Å². The number of hydrogen-bond donors (Lipinski definition) is 3. The molecule has 0 heterocycles. The number of phenolic OH excluding ortho intramolecular Hbond substituents is 3. The van der Waals surface area contributed by atoms with Crippen molar-refractivity contribution >= 4 is 10.8 Å². The van der Waals surface area contributed by atoms with Crippen molar-refractivity contribution in [2.24, 2.45) is 0 Å². The van der Waals surface area contributed by atoms with Gasteiger partial charge in [0, 0.05) is 11.1 Å². The van der Waals surface area contributed by atoms with Crippen LogP contribution in [-0.2, 0) is 0 Å². The summed E-state index contributed by atoms with van der Waals surface area (Å²) in [5.41, 5.74) is 0.931. The van der Waals surface area contributed by atoms with Crippen LogP contribution in [0.25, 0.3) is 21.9 Å². The number of hydrogen-bond acceptors (Lipinski definition) is 3. The summed E-state index contributed by atoms with van der Waals surface area (Å²) < 4.78 is 0. The zero-order valence-electron chi connectivity index (χ0n) is 10.0. The van der Waals surface area contributed by atoms with Crippen molar-refractivity contribution in [2.75, 3.05) is 0 Å². The van der Waals surface area contributed by atoms with Gasteiger partial charge in [-0.2, -0.15) is 0 Å². The molecule has 0 aliphatic carbocycles. The Kier molecular flexibility index (Phi) is 2.53. The smallest absolute Gasteiger partial charge is 0.124 e. The van der Waals surface area contributed by atoms with E-state index in [0.29, 0.717) is 11.1 Å². The highest BCUT2D eigenvalue weighted by molar-refractivity contribution is 6.01. The summed E-state index contributed by atoms with van der Waals surface area (Å²) in [6, 6.07) is 15.2. The second-order valence-corrected chi connectivity index (χ2v) is 4.38. The Labute approximate surface area is 110 Å². The molecule has 0 amide bonds. The van der Waals surface area contributed by atoms with Gasteiger partial charge in [-0.15, -0.1) is 0 Å². The van der Waals surface area contributed by atoms with Gasteiger partial charge in [-0.1, -0.05) is 30.3 Å². The molecule has 0 atom stereocenters. The van der Waals surface area contributed by atoms with Crippen LogP contribution in [0.4, 0.5) is 0 Å². The van der Waals surface area contributed by atoms with Crippen molar-refractivity contribution in [3.05, 3.63) is 54.6 Å². The van der Waals surface area contributed by atoms with E-state index in [1.54, 1.807) is 6.07 Å². The molecule has 3 aromatic rings. The molecule has 0 unspecified atom stereocenters. The average Bonchev–Trinajstić information content (AvgIpc) is 2.42. The molecule has 3 aromatic carbocycles. The molecule has 0 aliphatic heterocycles. The van der Waals surface area contributed by atoms with E-state index < -0.39 is 0 Å². The van der Waals surface area contributed by atoms with Crippen molar-refractivity contribution in [3.63, 3.8) is 0 Å². The Hall–Kier alpha value is -2.68. The second-order valence-electron chi connectivity index (χ2n) is 4.38. The third-order valence-electron chi connectivity index (χ3n) is 3.16. The molecule has 3 N–H and O–H groups in total.